The number of ether oxygens (including phenoxy) is 1. The van der Waals surface area contributed by atoms with Crippen LogP contribution in [-0.4, -0.2) is 70.4 Å². The molecule has 0 amide bonds. The molecule has 4 aliphatic carbocycles. The summed E-state index contributed by atoms with van der Waals surface area (Å²) in [5, 5.41) is 22.5. The first-order valence-corrected chi connectivity index (χ1v) is 26.0. The minimum Gasteiger partial charge on any atom is -0.507 e. The first-order chi connectivity index (χ1) is 36.7. The van der Waals surface area contributed by atoms with Crippen LogP contribution in [0.3, 0.4) is 0 Å². The van der Waals surface area contributed by atoms with Gasteiger partial charge in [-0.3, -0.25) is 33.6 Å². The zero-order chi connectivity index (χ0) is 56.8. The highest BCUT2D eigenvalue weighted by Crippen LogP contribution is 2.40. The number of carbonyl (C=O) groups excluding carboxylic acids is 7. The van der Waals surface area contributed by atoms with Crippen LogP contribution in [0, 0.1) is 13.8 Å². The second-order valence-electron chi connectivity index (χ2n) is 18.8. The van der Waals surface area contributed by atoms with Crippen LogP contribution in [0.25, 0.3) is 21.5 Å². The molecule has 1 atom stereocenters. The fourth-order valence-electron chi connectivity index (χ4n) is 9.38. The van der Waals surface area contributed by atoms with Crippen LogP contribution < -0.4 is 8.92 Å². The van der Waals surface area contributed by atoms with Gasteiger partial charge in [-0.2, -0.15) is 21.6 Å². The summed E-state index contributed by atoms with van der Waals surface area (Å²) in [7, 11) is -6.01. The number of Topliss-reactive ketones (excluding diaryl/α,β-unsaturated/α-hetero) is 1. The molecule has 0 spiro atoms. The van der Waals surface area contributed by atoms with Crippen molar-refractivity contribution in [3.63, 3.8) is 0 Å². The van der Waals surface area contributed by atoms with E-state index in [1.165, 1.54) is 48.9 Å². The van der Waals surface area contributed by atoms with Gasteiger partial charge in [-0.25, -0.2) is 0 Å². The van der Waals surface area contributed by atoms with Crippen LogP contribution in [0.1, 0.15) is 129 Å². The number of ketones is 6. The number of rotatable bonds is 4. The zero-order valence-corrected chi connectivity index (χ0v) is 44.2. The number of fused-ring (bicyclic) bond motifs is 9. The second-order valence-corrected chi connectivity index (χ2v) is 21.1. The number of esters is 1. The fraction of sp³-hybridized carbons (Fsp3) is 0.150. The molecular weight excluding hydrogens is 1100 g/mol. The standard InChI is InChI=1S/C20H11F3O5S.C19H12O3.C12H7BrO4.C9H14O/c1-10-5-7-12-11(9-10)6-8-14-16(12)18(24)13-3-2-4-15(17(13)19(14)25)28-29(26,27)20(21,22)23;1-10-5-7-12-11(9-10)6-8-14-16(12)18(21)13-3-2-4-15(20)17(13)19(14)22;1-6(14)17-10-4-2-3-7-11(10)9(15)5-8(13)12(7)16;1-3-8-5-4-6-9(2,10)7-8/h2-9H,1H3;2-9,20H,1H3;2-5H,1H3;3,5,10H,1,4,6-7H2,2H3. The Morgan fingerprint density at radius 2 is 1.14 bits per heavy atom. The van der Waals surface area contributed by atoms with Crippen molar-refractivity contribution in [1.29, 1.82) is 0 Å². The van der Waals surface area contributed by atoms with E-state index in [0.29, 0.717) is 16.5 Å². The molecule has 11 rings (SSSR count). The smallest absolute Gasteiger partial charge is 0.507 e. The predicted molar refractivity (Wildman–Crippen MR) is 287 cm³/mol. The molecule has 13 nitrogen and oxygen atoms in total. The van der Waals surface area contributed by atoms with Crippen LogP contribution in [0.5, 0.6) is 17.2 Å². The lowest BCUT2D eigenvalue weighted by molar-refractivity contribution is -0.131. The number of phenolic OH excluding ortho intramolecular Hbond substituents is 1. The average Bonchev–Trinajstić information content (AvgIpc) is 3.59. The molecule has 0 bridgehead atoms. The summed E-state index contributed by atoms with van der Waals surface area (Å²) in [4.78, 5) is 86.1. The number of allylic oxidation sites excluding steroid dienone is 4. The van der Waals surface area contributed by atoms with Crippen LogP contribution in [0.4, 0.5) is 13.2 Å². The maximum atomic E-state index is 13.1. The van der Waals surface area contributed by atoms with Gasteiger partial charge in [-0.05, 0) is 113 Å². The van der Waals surface area contributed by atoms with Gasteiger partial charge in [-0.15, -0.1) is 0 Å². The maximum Gasteiger partial charge on any atom is 0.534 e. The topological polar surface area (TPSA) is 213 Å². The Bertz CT molecular complexity index is 3980. The van der Waals surface area contributed by atoms with E-state index in [1.54, 1.807) is 42.5 Å². The van der Waals surface area contributed by atoms with Gasteiger partial charge in [0.15, 0.2) is 34.7 Å². The SMILES string of the molecule is C=CC1=CCCC(C)(O)C1.CC(=O)Oc1cccc2c1C(=O)C=C(Br)C2=O.Cc1ccc2c3c(ccc2c1)C(=O)c1c(O)cccc1C3=O.Cc1ccc2c3c(ccc2c1)C(=O)c1c(OS(=O)(=O)C(F)(F)F)cccc1C3=O. The quantitative estimate of drug-likeness (QED) is 0.0727. The summed E-state index contributed by atoms with van der Waals surface area (Å²) in [6.07, 6.45) is 7.77. The van der Waals surface area contributed by atoms with Crippen molar-refractivity contribution in [2.75, 3.05) is 0 Å². The van der Waals surface area contributed by atoms with Crippen LogP contribution in [0.15, 0.2) is 150 Å². The highest BCUT2D eigenvalue weighted by Gasteiger charge is 2.49. The molecule has 0 saturated heterocycles. The summed E-state index contributed by atoms with van der Waals surface area (Å²) in [5.41, 5.74) is -2.05. The number of hydrogen-bond donors (Lipinski definition) is 2. The number of benzene rings is 7. The summed E-state index contributed by atoms with van der Waals surface area (Å²) in [5.74, 6) is -3.96. The fourth-order valence-corrected chi connectivity index (χ4v) is 10.3. The van der Waals surface area contributed by atoms with Crippen molar-refractivity contribution in [1.82, 2.24) is 0 Å². The summed E-state index contributed by atoms with van der Waals surface area (Å²) in [6.45, 7) is 10.6. The van der Waals surface area contributed by atoms with Crippen molar-refractivity contribution in [2.45, 2.75) is 58.1 Å². The molecule has 0 radical (unpaired) electrons. The third kappa shape index (κ3) is 10.9. The van der Waals surface area contributed by atoms with Gasteiger partial charge in [0.05, 0.1) is 26.8 Å². The lowest BCUT2D eigenvalue weighted by Crippen LogP contribution is -2.30. The van der Waals surface area contributed by atoms with Gasteiger partial charge in [0.1, 0.15) is 11.5 Å². The number of hydrogen-bond acceptors (Lipinski definition) is 13. The van der Waals surface area contributed by atoms with Crippen LogP contribution in [-0.2, 0) is 14.9 Å². The first-order valence-electron chi connectivity index (χ1n) is 23.8. The Kier molecular flexibility index (Phi) is 15.4. The number of aryl methyl sites for hydroxylation is 2. The minimum atomic E-state index is -6.01. The zero-order valence-electron chi connectivity index (χ0n) is 41.8. The number of aromatic hydroxyl groups is 1. The Balaban J connectivity index is 0.000000146. The van der Waals surface area contributed by atoms with E-state index in [9.17, 15) is 65.4 Å². The molecule has 0 aliphatic heterocycles. The van der Waals surface area contributed by atoms with Gasteiger partial charge >= 0.3 is 21.6 Å². The normalized spacial score (nSPS) is 16.2. The van der Waals surface area contributed by atoms with Crippen molar-refractivity contribution in [3.05, 3.63) is 217 Å². The van der Waals surface area contributed by atoms with Gasteiger partial charge in [0, 0.05) is 58.4 Å². The number of carbonyl (C=O) groups is 7. The lowest BCUT2D eigenvalue weighted by atomic mass is 9.81. The number of halogens is 4. The molecule has 0 aromatic heterocycles. The van der Waals surface area contributed by atoms with Gasteiger partial charge < -0.3 is 19.1 Å². The molecular formula is C60H44BrF3O13S. The first kappa shape index (κ1) is 55.8. The van der Waals surface area contributed by atoms with Gasteiger partial charge in [0.2, 0.25) is 5.78 Å². The van der Waals surface area contributed by atoms with E-state index >= 15 is 0 Å². The highest BCUT2D eigenvalue weighted by molar-refractivity contribution is 9.12. The molecule has 396 valence electrons. The molecule has 4 aliphatic rings. The van der Waals surface area contributed by atoms with E-state index in [4.69, 9.17) is 4.74 Å². The third-order valence-corrected chi connectivity index (χ3v) is 14.5. The summed E-state index contributed by atoms with van der Waals surface area (Å²) in [6, 6.07) is 30.1. The van der Waals surface area contributed by atoms with Crippen LogP contribution in [0.2, 0.25) is 0 Å². The van der Waals surface area contributed by atoms with Crippen molar-refractivity contribution < 1.29 is 74.3 Å². The molecule has 2 N–H and O–H groups in total. The molecule has 18 heteroatoms. The predicted octanol–water partition coefficient (Wildman–Crippen LogP) is 12.1. The number of phenols is 1. The molecule has 1 unspecified atom stereocenters. The molecule has 78 heavy (non-hydrogen) atoms. The Hall–Kier alpha value is -8.45. The minimum absolute atomic E-state index is 0.0284. The van der Waals surface area contributed by atoms with Crippen molar-refractivity contribution >= 4 is 88.3 Å². The van der Waals surface area contributed by atoms with Crippen LogP contribution >= 0.6 is 15.9 Å². The Labute approximate surface area is 452 Å². The van der Waals surface area contributed by atoms with E-state index < -0.39 is 50.1 Å². The summed E-state index contributed by atoms with van der Waals surface area (Å²) >= 11 is 3.02. The van der Waals surface area contributed by atoms with E-state index in [2.05, 4.69) is 32.8 Å². The van der Waals surface area contributed by atoms with Crippen molar-refractivity contribution in [2.24, 2.45) is 0 Å². The third-order valence-electron chi connectivity index (χ3n) is 13.0. The second kappa shape index (κ2) is 21.5. The molecule has 7 aromatic carbocycles. The maximum absolute atomic E-state index is 13.1. The summed E-state index contributed by atoms with van der Waals surface area (Å²) < 4.78 is 70.2. The van der Waals surface area contributed by atoms with E-state index in [1.807, 2.05) is 57.2 Å². The van der Waals surface area contributed by atoms with Gasteiger partial charge in [0.25, 0.3) is 0 Å². The largest absolute Gasteiger partial charge is 0.534 e. The highest BCUT2D eigenvalue weighted by atomic mass is 79.9. The van der Waals surface area contributed by atoms with Gasteiger partial charge in [-0.1, -0.05) is 109 Å². The monoisotopic (exact) mass is 1140 g/mol. The molecule has 0 saturated carbocycles. The average molecular weight is 1140 g/mol. The van der Waals surface area contributed by atoms with E-state index in [0.717, 1.165) is 58.7 Å². The number of aliphatic hydroxyl groups is 1. The Morgan fingerprint density at radius 3 is 1.64 bits per heavy atom. The Morgan fingerprint density at radius 1 is 0.667 bits per heavy atom. The lowest BCUT2D eigenvalue weighted by Gasteiger charge is -2.26. The number of alkyl halides is 3. The van der Waals surface area contributed by atoms with Crippen molar-refractivity contribution in [3.8, 4) is 17.2 Å². The molecule has 0 fully saturated rings. The van der Waals surface area contributed by atoms with E-state index in [-0.39, 0.29) is 78.1 Å². The molecule has 0 heterocycles. The molecule has 7 aromatic rings.